The Labute approximate surface area is 112 Å². The van der Waals surface area contributed by atoms with Crippen LogP contribution in [0.4, 0.5) is 0 Å². The van der Waals surface area contributed by atoms with E-state index >= 15 is 0 Å². The maximum absolute atomic E-state index is 8.74. The number of hydrogen-bond acceptors (Lipinski definition) is 4. The molecule has 0 fully saturated rings. The molecule has 0 unspecified atom stereocenters. The minimum Gasteiger partial charge on any atom is -0.265 e. The molecule has 2 heterocycles. The van der Waals surface area contributed by atoms with Gasteiger partial charge in [-0.1, -0.05) is 0 Å². The zero-order valence-corrected chi connectivity index (χ0v) is 11.4. The van der Waals surface area contributed by atoms with Gasteiger partial charge in [-0.2, -0.15) is 8.42 Å². The summed E-state index contributed by atoms with van der Waals surface area (Å²) in [7, 11) is -4.67. The summed E-state index contributed by atoms with van der Waals surface area (Å²) in [6.45, 7) is 4.09. The summed E-state index contributed by atoms with van der Waals surface area (Å²) in [6.07, 6.45) is 7.15. The van der Waals surface area contributed by atoms with E-state index in [-0.39, 0.29) is 0 Å². The molecule has 0 radical (unpaired) electrons. The van der Waals surface area contributed by atoms with E-state index in [9.17, 15) is 0 Å². The average molecular weight is 284 g/mol. The molecule has 0 saturated heterocycles. The van der Waals surface area contributed by atoms with Crippen LogP contribution in [0.15, 0.2) is 49.1 Å². The number of pyridine rings is 2. The average Bonchev–Trinajstić information content (AvgIpc) is 2.29. The minimum atomic E-state index is -4.67. The zero-order valence-electron chi connectivity index (χ0n) is 10.6. The van der Waals surface area contributed by atoms with Crippen molar-refractivity contribution in [2.45, 2.75) is 13.8 Å². The highest BCUT2D eigenvalue weighted by Crippen LogP contribution is 1.89. The van der Waals surface area contributed by atoms with Gasteiger partial charge in [0.15, 0.2) is 0 Å². The number of rotatable bonds is 0. The van der Waals surface area contributed by atoms with Gasteiger partial charge in [0, 0.05) is 24.8 Å². The van der Waals surface area contributed by atoms with Crippen molar-refractivity contribution < 1.29 is 17.5 Å². The van der Waals surface area contributed by atoms with Crippen LogP contribution in [0.1, 0.15) is 11.1 Å². The van der Waals surface area contributed by atoms with E-state index in [1.165, 1.54) is 11.1 Å². The van der Waals surface area contributed by atoms with Crippen LogP contribution in [0, 0.1) is 13.8 Å². The monoisotopic (exact) mass is 284 g/mol. The second-order valence-corrected chi connectivity index (χ2v) is 4.39. The lowest BCUT2D eigenvalue weighted by Crippen LogP contribution is -1.89. The molecule has 0 amide bonds. The third-order valence-electron chi connectivity index (χ3n) is 1.69. The van der Waals surface area contributed by atoms with Crippen molar-refractivity contribution >= 4 is 10.4 Å². The lowest BCUT2D eigenvalue weighted by molar-refractivity contribution is 0.381. The SMILES string of the molecule is Cc1ccncc1.Cc1ccncc1.O=S(=O)(O)O. The van der Waals surface area contributed by atoms with Gasteiger partial charge in [-0.25, -0.2) is 0 Å². The van der Waals surface area contributed by atoms with Gasteiger partial charge in [0.25, 0.3) is 0 Å². The van der Waals surface area contributed by atoms with Crippen molar-refractivity contribution in [3.05, 3.63) is 60.2 Å². The molecule has 0 aliphatic heterocycles. The fraction of sp³-hybridized carbons (Fsp3) is 0.167. The van der Waals surface area contributed by atoms with E-state index in [0.717, 1.165) is 0 Å². The van der Waals surface area contributed by atoms with E-state index in [1.807, 2.05) is 38.1 Å². The van der Waals surface area contributed by atoms with Gasteiger partial charge in [0.05, 0.1) is 0 Å². The standard InChI is InChI=1S/2C6H7N.H2O4S/c2*1-6-2-4-7-5-3-6;1-5(2,3)4/h2*2-5H,1H3;(H2,1,2,3,4). The lowest BCUT2D eigenvalue weighted by Gasteiger charge is -1.82. The van der Waals surface area contributed by atoms with Gasteiger partial charge in [0.1, 0.15) is 0 Å². The Morgan fingerprint density at radius 2 is 1.00 bits per heavy atom. The highest BCUT2D eigenvalue weighted by Gasteiger charge is 1.84. The Balaban J connectivity index is 0.000000261. The molecule has 6 nitrogen and oxygen atoms in total. The predicted octanol–water partition coefficient (Wildman–Crippen LogP) is 2.13. The molecule has 2 aromatic heterocycles. The maximum Gasteiger partial charge on any atom is 0.394 e. The van der Waals surface area contributed by atoms with Crippen LogP contribution in [0.2, 0.25) is 0 Å². The smallest absolute Gasteiger partial charge is 0.265 e. The molecule has 0 saturated carbocycles. The molecule has 0 atom stereocenters. The normalized spacial score (nSPS) is 9.47. The molecule has 104 valence electrons. The molecule has 2 rings (SSSR count). The van der Waals surface area contributed by atoms with Crippen LogP contribution < -0.4 is 0 Å². The van der Waals surface area contributed by atoms with Crippen LogP contribution in [-0.4, -0.2) is 27.5 Å². The second-order valence-electron chi connectivity index (χ2n) is 3.50. The number of hydrogen-bond donors (Lipinski definition) is 2. The first-order valence-corrected chi connectivity index (χ1v) is 6.62. The van der Waals surface area contributed by atoms with Crippen molar-refractivity contribution in [2.24, 2.45) is 0 Å². The minimum absolute atomic E-state index is 1.26. The predicted molar refractivity (Wildman–Crippen MR) is 72.1 cm³/mol. The molecule has 19 heavy (non-hydrogen) atoms. The van der Waals surface area contributed by atoms with Gasteiger partial charge in [0.2, 0.25) is 0 Å². The Bertz CT molecular complexity index is 499. The van der Waals surface area contributed by atoms with E-state index < -0.39 is 10.4 Å². The Kier molecular flexibility index (Phi) is 8.27. The molecule has 7 heteroatoms. The fourth-order valence-corrected chi connectivity index (χ4v) is 0.853. The Morgan fingerprint density at radius 3 is 1.11 bits per heavy atom. The van der Waals surface area contributed by atoms with Crippen molar-refractivity contribution in [3.8, 4) is 0 Å². The number of nitrogens with zero attached hydrogens (tertiary/aromatic N) is 2. The van der Waals surface area contributed by atoms with Crippen LogP contribution >= 0.6 is 0 Å². The zero-order chi connectivity index (χ0) is 14.7. The van der Waals surface area contributed by atoms with Gasteiger partial charge in [-0.3, -0.25) is 19.1 Å². The van der Waals surface area contributed by atoms with Crippen molar-refractivity contribution in [2.75, 3.05) is 0 Å². The summed E-state index contributed by atoms with van der Waals surface area (Å²) in [5.74, 6) is 0. The van der Waals surface area contributed by atoms with Gasteiger partial charge >= 0.3 is 10.4 Å². The molecule has 2 aromatic rings. The Hall–Kier alpha value is -1.83. The third kappa shape index (κ3) is 16.2. The summed E-state index contributed by atoms with van der Waals surface area (Å²) in [6, 6.07) is 7.89. The first-order chi connectivity index (χ1) is 8.79. The van der Waals surface area contributed by atoms with E-state index in [2.05, 4.69) is 9.97 Å². The number of aryl methyl sites for hydroxylation is 2. The quantitative estimate of drug-likeness (QED) is 0.719. The van der Waals surface area contributed by atoms with E-state index in [4.69, 9.17) is 17.5 Å². The molecule has 0 aliphatic rings. The third-order valence-corrected chi connectivity index (χ3v) is 1.69. The second kappa shape index (κ2) is 9.15. The lowest BCUT2D eigenvalue weighted by atomic mass is 10.3. The van der Waals surface area contributed by atoms with E-state index in [1.54, 1.807) is 24.8 Å². The highest BCUT2D eigenvalue weighted by atomic mass is 32.3. The summed E-state index contributed by atoms with van der Waals surface area (Å²) < 4.78 is 31.6. The van der Waals surface area contributed by atoms with E-state index in [0.29, 0.717) is 0 Å². The van der Waals surface area contributed by atoms with Gasteiger partial charge < -0.3 is 0 Å². The molecule has 2 N–H and O–H groups in total. The molecule has 0 spiro atoms. The first-order valence-electron chi connectivity index (χ1n) is 5.22. The van der Waals surface area contributed by atoms with Crippen LogP contribution in [-0.2, 0) is 10.4 Å². The molecular formula is C12H16N2O4S. The van der Waals surface area contributed by atoms with Crippen molar-refractivity contribution in [1.82, 2.24) is 9.97 Å². The summed E-state index contributed by atoms with van der Waals surface area (Å²) in [4.78, 5) is 7.69. The largest absolute Gasteiger partial charge is 0.394 e. The molecular weight excluding hydrogens is 268 g/mol. The van der Waals surface area contributed by atoms with Crippen molar-refractivity contribution in [1.29, 1.82) is 0 Å². The fourth-order valence-electron chi connectivity index (χ4n) is 0.853. The highest BCUT2D eigenvalue weighted by molar-refractivity contribution is 7.79. The van der Waals surface area contributed by atoms with Crippen LogP contribution in [0.3, 0.4) is 0 Å². The van der Waals surface area contributed by atoms with Crippen LogP contribution in [0.25, 0.3) is 0 Å². The molecule has 0 aliphatic carbocycles. The topological polar surface area (TPSA) is 100 Å². The van der Waals surface area contributed by atoms with Gasteiger partial charge in [-0.05, 0) is 49.2 Å². The summed E-state index contributed by atoms with van der Waals surface area (Å²) in [5, 5.41) is 0. The van der Waals surface area contributed by atoms with Crippen molar-refractivity contribution in [3.63, 3.8) is 0 Å². The van der Waals surface area contributed by atoms with Crippen LogP contribution in [0.5, 0.6) is 0 Å². The Morgan fingerprint density at radius 1 is 0.789 bits per heavy atom. The summed E-state index contributed by atoms with van der Waals surface area (Å²) >= 11 is 0. The first kappa shape index (κ1) is 17.2. The summed E-state index contributed by atoms with van der Waals surface area (Å²) in [5.41, 5.74) is 2.52. The molecule has 0 bridgehead atoms. The maximum atomic E-state index is 8.74. The number of aromatic nitrogens is 2. The van der Waals surface area contributed by atoms with Gasteiger partial charge in [-0.15, -0.1) is 0 Å². The molecule has 0 aromatic carbocycles.